The number of aromatic nitrogens is 6. The van der Waals surface area contributed by atoms with Crippen LogP contribution in [-0.4, -0.2) is 215 Å². The number of halogens is 3. The summed E-state index contributed by atoms with van der Waals surface area (Å²) in [7, 11) is 1.39. The van der Waals surface area contributed by atoms with E-state index in [4.69, 9.17) is 53.8 Å². The Morgan fingerprint density at radius 3 is 1.18 bits per heavy atom. The Hall–Kier alpha value is -9.25. The molecule has 34 heteroatoms. The van der Waals surface area contributed by atoms with E-state index in [9.17, 15) is 30.0 Å². The van der Waals surface area contributed by atoms with E-state index in [2.05, 4.69) is 153 Å². The number of nitrogens with one attached hydrogen (secondary N) is 7. The highest BCUT2D eigenvalue weighted by molar-refractivity contribution is 7.92. The lowest BCUT2D eigenvalue weighted by molar-refractivity contribution is 0.0961. The molecule has 28 nitrogen and oxygen atoms in total. The van der Waals surface area contributed by atoms with Gasteiger partial charge in [-0.1, -0.05) is 71.2 Å². The van der Waals surface area contributed by atoms with Crippen molar-refractivity contribution in [2.45, 2.75) is 234 Å². The third kappa shape index (κ3) is 27.5. The summed E-state index contributed by atoms with van der Waals surface area (Å²) in [4.78, 5) is 50.0. The second-order valence-electron chi connectivity index (χ2n) is 35.4. The van der Waals surface area contributed by atoms with E-state index in [1.54, 1.807) is 135 Å². The van der Waals surface area contributed by atoms with E-state index in [0.717, 1.165) is 119 Å². The lowest BCUT2D eigenvalue weighted by atomic mass is 9.79. The number of para-hydroxylation sites is 3. The molecule has 706 valence electrons. The Kier molecular flexibility index (Phi) is 37.1. The molecule has 3 fully saturated rings. The molecule has 3 aromatic heterocycles. The van der Waals surface area contributed by atoms with Gasteiger partial charge < -0.3 is 75.8 Å². The van der Waals surface area contributed by atoms with Crippen LogP contribution in [0.1, 0.15) is 191 Å². The Morgan fingerprint density at radius 1 is 0.477 bits per heavy atom. The fraction of sp³-hybridized carbons (Fsp3) is 0.490. The van der Waals surface area contributed by atoms with Gasteiger partial charge >= 0.3 is 0 Å². The standard InChI is InChI=1S/C33H46ClN5O4S.C32H44ClN7O4S.C31H42ClN5O3S/c1-21(2)43-30-19-26(24-12-14-25(15-13-24)39(6)16-17-42-7)23(5)18-29(30)37-33-35-20-27(34)32(38-33)36-28-10-8-9-11-31(28)44(40,41)22(3)4;1-21(2)44-28-18-23(10-9-13-40-16-14-39(6)15-17-40)24(31(41)34-5)19-27(28)37-32-35-20-25(33)30(38-32)36-26-11-7-8-12-29(26)45(42,43)22(3)4;1-19(2)40-28-17-24(22-12-14-23(15-13-22)37(6)7)21(5)16-27(28)35-31-33-18-25(32)30(36-31)34-26-10-8-9-11-29(26)41(38,39)20(3)4/h8-11,18-22,24-25H,12-17H2,1-7H3,(H2,35,36,37,38);7-8,11-12,18-22H,9-10,13-17H2,1-6H3,(H,34,41)(H2,35,36,37,38);8-11,16-20,22-23H,12-15H2,1-7H3,(H2,33,34,35,36). The van der Waals surface area contributed by atoms with Crippen molar-refractivity contribution in [3.05, 3.63) is 176 Å². The van der Waals surface area contributed by atoms with E-state index in [1.165, 1.54) is 53.7 Å². The minimum atomic E-state index is -3.58. The number of sulfone groups is 3. The van der Waals surface area contributed by atoms with Gasteiger partial charge in [0.15, 0.2) is 47.0 Å². The number of nitrogens with zero attached hydrogens (tertiary/aromatic N) is 10. The first kappa shape index (κ1) is 103. The Bertz CT molecular complexity index is 5680. The first-order chi connectivity index (χ1) is 61.6. The number of piperazine rings is 1. The maximum Gasteiger partial charge on any atom is 0.251 e. The zero-order valence-corrected chi connectivity index (χ0v) is 83.5. The first-order valence-corrected chi connectivity index (χ1v) is 50.6. The first-order valence-electron chi connectivity index (χ1n) is 44.8. The lowest BCUT2D eigenvalue weighted by Crippen LogP contribution is -2.44. The van der Waals surface area contributed by atoms with Gasteiger partial charge in [-0.25, -0.2) is 40.2 Å². The molecular formula is C96H132Cl3N17O11S3. The number of anilines is 12. The van der Waals surface area contributed by atoms with Crippen molar-refractivity contribution in [3.8, 4) is 17.2 Å². The van der Waals surface area contributed by atoms with Gasteiger partial charge in [0.1, 0.15) is 32.3 Å². The van der Waals surface area contributed by atoms with Crippen molar-refractivity contribution < 1.29 is 49.0 Å². The number of aryl methyl sites for hydroxylation is 3. The van der Waals surface area contributed by atoms with Crippen molar-refractivity contribution in [3.63, 3.8) is 0 Å². The van der Waals surface area contributed by atoms with E-state index < -0.39 is 45.3 Å². The number of likely N-dealkylation sites (N-methyl/N-ethyl adjacent to an activating group) is 2. The maximum atomic E-state index is 13.0. The predicted octanol–water partition coefficient (Wildman–Crippen LogP) is 20.1. The Morgan fingerprint density at radius 2 is 0.831 bits per heavy atom. The molecule has 0 radical (unpaired) electrons. The number of hydrogen-bond donors (Lipinski definition) is 7. The van der Waals surface area contributed by atoms with Gasteiger partial charge in [0.25, 0.3) is 5.91 Å². The third-order valence-electron chi connectivity index (χ3n) is 23.5. The molecule has 1 amide bonds. The number of carbonyl (C=O) groups is 1. The monoisotopic (exact) mass is 1900 g/mol. The van der Waals surface area contributed by atoms with Crippen LogP contribution in [0.25, 0.3) is 0 Å². The summed E-state index contributed by atoms with van der Waals surface area (Å²) in [6.45, 7) is 32.9. The molecule has 130 heavy (non-hydrogen) atoms. The zero-order valence-electron chi connectivity index (χ0n) is 78.7. The molecule has 2 aliphatic carbocycles. The molecule has 1 saturated heterocycles. The number of rotatable bonds is 36. The third-order valence-corrected chi connectivity index (χ3v) is 30.9. The average molecular weight is 1900 g/mol. The molecule has 0 bridgehead atoms. The fourth-order valence-corrected chi connectivity index (χ4v) is 20.0. The van der Waals surface area contributed by atoms with Crippen LogP contribution in [0.2, 0.25) is 15.1 Å². The lowest BCUT2D eigenvalue weighted by Gasteiger charge is -2.35. The van der Waals surface area contributed by atoms with Gasteiger partial charge in [0.2, 0.25) is 17.8 Å². The SMILES string of the molecule is CNC(=O)c1cc(Nc2ncc(Cl)c(Nc3ccccc3S(=O)(=O)C(C)C)n2)c(OC(C)C)cc1CCCN1CCN(C)CC1.COCCN(C)C1CCC(c2cc(OC(C)C)c(Nc3ncc(Cl)c(Nc4ccccc4S(=O)(=O)C(C)C)n3)cc2C)CC1.Cc1cc(Nc2ncc(Cl)c(Nc3ccccc3S(=O)(=O)C(C)C)n2)c(OC(C)C)cc1C1CCC(N(C)C)CC1. The van der Waals surface area contributed by atoms with Crippen molar-refractivity contribution in [2.75, 3.05) is 120 Å². The van der Waals surface area contributed by atoms with E-state index in [0.29, 0.717) is 87.9 Å². The summed E-state index contributed by atoms with van der Waals surface area (Å²) in [5.74, 6) is 4.43. The van der Waals surface area contributed by atoms with Crippen molar-refractivity contribution in [2.24, 2.45) is 0 Å². The molecule has 0 unspecified atom stereocenters. The summed E-state index contributed by atoms with van der Waals surface area (Å²) in [6, 6.07) is 33.5. The Labute approximate surface area is 785 Å². The number of hydrogen-bond acceptors (Lipinski definition) is 27. The van der Waals surface area contributed by atoms with Crippen LogP contribution in [0.15, 0.2) is 142 Å². The fourth-order valence-electron chi connectivity index (χ4n) is 16.0. The molecule has 0 atom stereocenters. The number of amides is 1. The minimum absolute atomic E-state index is 0.0154. The maximum absolute atomic E-state index is 13.0. The highest BCUT2D eigenvalue weighted by atomic mass is 35.5. The van der Waals surface area contributed by atoms with Gasteiger partial charge in [-0.15, -0.1) is 0 Å². The quantitative estimate of drug-likeness (QED) is 0.0192. The van der Waals surface area contributed by atoms with E-state index in [-0.39, 0.29) is 65.7 Å². The van der Waals surface area contributed by atoms with Gasteiger partial charge in [-0.05, 0) is 308 Å². The normalized spacial score (nSPS) is 16.5. The molecule has 6 aromatic carbocycles. The molecule has 7 N–H and O–H groups in total. The van der Waals surface area contributed by atoms with Crippen LogP contribution in [0.4, 0.5) is 69.4 Å². The number of methoxy groups -OCH3 is 1. The Balaban J connectivity index is 0.000000203. The summed E-state index contributed by atoms with van der Waals surface area (Å²) >= 11 is 19.4. The highest BCUT2D eigenvalue weighted by Gasteiger charge is 2.32. The van der Waals surface area contributed by atoms with Crippen molar-refractivity contribution >= 4 is 140 Å². The molecule has 3 aliphatic rings. The summed E-state index contributed by atoms with van der Waals surface area (Å²) in [5.41, 5.74) is 9.63. The molecule has 1 aliphatic heterocycles. The molecule has 4 heterocycles. The second-order valence-corrected chi connectivity index (χ2v) is 44.0. The number of benzene rings is 6. The van der Waals surface area contributed by atoms with E-state index in [1.807, 2.05) is 47.6 Å². The van der Waals surface area contributed by atoms with Gasteiger partial charge in [-0.3, -0.25) is 4.79 Å². The van der Waals surface area contributed by atoms with Gasteiger partial charge in [-0.2, -0.15) is 15.0 Å². The predicted molar refractivity (Wildman–Crippen MR) is 527 cm³/mol. The van der Waals surface area contributed by atoms with Crippen LogP contribution in [0.5, 0.6) is 17.2 Å². The topological polar surface area (TPSA) is 331 Å². The number of ether oxygens (including phenoxy) is 4. The minimum Gasteiger partial charge on any atom is -0.489 e. The average Bonchev–Trinajstić information content (AvgIpc) is 0.770. The highest BCUT2D eigenvalue weighted by Crippen LogP contribution is 2.45. The van der Waals surface area contributed by atoms with Crippen LogP contribution in [0, 0.1) is 13.8 Å². The zero-order chi connectivity index (χ0) is 94.6. The summed E-state index contributed by atoms with van der Waals surface area (Å²) in [5, 5.41) is 20.9. The van der Waals surface area contributed by atoms with Crippen LogP contribution in [0.3, 0.4) is 0 Å². The largest absolute Gasteiger partial charge is 0.489 e. The smallest absolute Gasteiger partial charge is 0.251 e. The van der Waals surface area contributed by atoms with Crippen LogP contribution >= 0.6 is 34.8 Å². The molecule has 0 spiro atoms. The summed E-state index contributed by atoms with van der Waals surface area (Å²) < 4.78 is 102. The van der Waals surface area contributed by atoms with Crippen LogP contribution in [-0.2, 0) is 40.7 Å². The van der Waals surface area contributed by atoms with E-state index >= 15 is 0 Å². The molecular weight excluding hydrogens is 1770 g/mol. The second kappa shape index (κ2) is 46.9. The molecule has 9 aromatic rings. The van der Waals surface area contributed by atoms with Gasteiger partial charge in [0, 0.05) is 64.5 Å². The van der Waals surface area contributed by atoms with Crippen molar-refractivity contribution in [1.82, 2.24) is 54.8 Å². The summed E-state index contributed by atoms with van der Waals surface area (Å²) in [6.07, 6.45) is 15.1. The molecule has 2 saturated carbocycles. The van der Waals surface area contributed by atoms with Gasteiger partial charge in [0.05, 0.1) is 108 Å². The molecule has 12 rings (SSSR count). The van der Waals surface area contributed by atoms with Crippen molar-refractivity contribution in [1.29, 1.82) is 0 Å². The van der Waals surface area contributed by atoms with Crippen LogP contribution < -0.4 is 51.4 Å². The number of carbonyl (C=O) groups excluding carboxylic acids is 1.